The van der Waals surface area contributed by atoms with Gasteiger partial charge in [-0.15, -0.1) is 0 Å². The van der Waals surface area contributed by atoms with Crippen LogP contribution in [0, 0.1) is 27.7 Å². The van der Waals surface area contributed by atoms with Crippen molar-refractivity contribution in [2.24, 2.45) is 0 Å². The van der Waals surface area contributed by atoms with E-state index in [1.165, 1.54) is 57.8 Å². The van der Waals surface area contributed by atoms with Crippen molar-refractivity contribution in [1.82, 2.24) is 0 Å². The molecule has 0 aliphatic rings. The van der Waals surface area contributed by atoms with Gasteiger partial charge in [0.1, 0.15) is 17.2 Å². The number of hydrogen-bond acceptors (Lipinski definition) is 5. The summed E-state index contributed by atoms with van der Waals surface area (Å²) in [5.74, 6) is 2.69. The maximum absolute atomic E-state index is 10.8. The lowest BCUT2D eigenvalue weighted by Gasteiger charge is -2.17. The van der Waals surface area contributed by atoms with Crippen LogP contribution >= 0.6 is 0 Å². The number of aryl methyl sites for hydroxylation is 3. The average molecular weight is 576 g/mol. The van der Waals surface area contributed by atoms with E-state index in [9.17, 15) is 8.76 Å². The van der Waals surface area contributed by atoms with Gasteiger partial charge in [0.2, 0.25) is 0 Å². The first-order valence-corrected chi connectivity index (χ1v) is 16.5. The van der Waals surface area contributed by atoms with Gasteiger partial charge in [-0.3, -0.25) is 4.21 Å². The van der Waals surface area contributed by atoms with E-state index in [4.69, 9.17) is 14.2 Å². The standard InChI is InChI=1S/C25H44O3.C9H12O2S/c1-5-8-11-14-17-26-23-20-24(27-18-15-12-9-6-2)22(4)25(21-23)28-19-16-13-10-7-3;1-6-4-7(2)9(12(10)11)8(3)5-6/h20-21H,5-19H2,1-4H3;4-5H,1-3H3,(H,10,11)/p-1. The molecule has 2 aromatic carbocycles. The molecule has 0 bridgehead atoms. The Morgan fingerprint density at radius 2 is 1.00 bits per heavy atom. The minimum absolute atomic E-state index is 0.431. The zero-order chi connectivity index (χ0) is 29.8. The van der Waals surface area contributed by atoms with E-state index in [1.807, 2.05) is 45.0 Å². The molecule has 1 atom stereocenters. The van der Waals surface area contributed by atoms with Crippen LogP contribution in [-0.4, -0.2) is 28.6 Å². The highest BCUT2D eigenvalue weighted by molar-refractivity contribution is 7.79. The molecule has 6 heteroatoms. The van der Waals surface area contributed by atoms with Crippen LogP contribution in [-0.2, 0) is 11.1 Å². The summed E-state index contributed by atoms with van der Waals surface area (Å²) in [4.78, 5) is 0.431. The van der Waals surface area contributed by atoms with E-state index >= 15 is 0 Å². The molecule has 0 spiro atoms. The topological polar surface area (TPSA) is 67.8 Å². The lowest BCUT2D eigenvalue weighted by Crippen LogP contribution is -2.05. The molecule has 0 aliphatic carbocycles. The molecule has 228 valence electrons. The Hall–Kier alpha value is -2.05. The van der Waals surface area contributed by atoms with Crippen molar-refractivity contribution >= 4 is 11.1 Å². The van der Waals surface area contributed by atoms with Gasteiger partial charge < -0.3 is 18.8 Å². The minimum atomic E-state index is -2.11. The first-order chi connectivity index (χ1) is 19.2. The Labute approximate surface area is 247 Å². The number of unbranched alkanes of at least 4 members (excludes halogenated alkanes) is 9. The molecule has 0 saturated heterocycles. The molecule has 0 aliphatic heterocycles. The molecule has 0 radical (unpaired) electrons. The maximum atomic E-state index is 10.8. The Balaban J connectivity index is 0.000000552. The maximum Gasteiger partial charge on any atom is 0.129 e. The van der Waals surface area contributed by atoms with Gasteiger partial charge in [-0.25, -0.2) is 0 Å². The fourth-order valence-electron chi connectivity index (χ4n) is 4.59. The summed E-state index contributed by atoms with van der Waals surface area (Å²) in [6.45, 7) is 16.6. The van der Waals surface area contributed by atoms with Crippen molar-refractivity contribution in [3.05, 3.63) is 46.5 Å². The molecular formula is C34H55O5S-. The molecule has 5 nitrogen and oxygen atoms in total. The van der Waals surface area contributed by atoms with Gasteiger partial charge in [0.25, 0.3) is 0 Å². The van der Waals surface area contributed by atoms with Crippen LogP contribution in [0.25, 0.3) is 0 Å². The molecule has 0 N–H and O–H groups in total. The van der Waals surface area contributed by atoms with E-state index in [1.54, 1.807) is 0 Å². The third-order valence-electron chi connectivity index (χ3n) is 6.83. The molecule has 2 rings (SSSR count). The summed E-state index contributed by atoms with van der Waals surface area (Å²) in [5, 5.41) is 0. The highest BCUT2D eigenvalue weighted by atomic mass is 32.2. The largest absolute Gasteiger partial charge is 0.768 e. The van der Waals surface area contributed by atoms with Crippen LogP contribution in [0.3, 0.4) is 0 Å². The minimum Gasteiger partial charge on any atom is -0.768 e. The molecule has 1 unspecified atom stereocenters. The fourth-order valence-corrected chi connectivity index (χ4v) is 5.24. The van der Waals surface area contributed by atoms with Gasteiger partial charge in [0, 0.05) is 22.6 Å². The highest BCUT2D eigenvalue weighted by Crippen LogP contribution is 2.34. The Kier molecular flexibility index (Phi) is 19.5. The van der Waals surface area contributed by atoms with Gasteiger partial charge in [-0.2, -0.15) is 0 Å². The summed E-state index contributed by atoms with van der Waals surface area (Å²) in [5.41, 5.74) is 3.82. The van der Waals surface area contributed by atoms with Crippen molar-refractivity contribution in [2.75, 3.05) is 19.8 Å². The second kappa shape index (κ2) is 21.7. The lowest BCUT2D eigenvalue weighted by molar-refractivity contribution is 0.273. The number of ether oxygens (including phenoxy) is 3. The monoisotopic (exact) mass is 575 g/mol. The van der Waals surface area contributed by atoms with Crippen molar-refractivity contribution in [2.45, 2.75) is 130 Å². The Bertz CT molecular complexity index is 930. The van der Waals surface area contributed by atoms with Crippen molar-refractivity contribution < 1.29 is 23.0 Å². The van der Waals surface area contributed by atoms with E-state index in [2.05, 4.69) is 27.7 Å². The van der Waals surface area contributed by atoms with Gasteiger partial charge in [0.15, 0.2) is 0 Å². The van der Waals surface area contributed by atoms with Crippen molar-refractivity contribution in [1.29, 1.82) is 0 Å². The number of hydrogen-bond donors (Lipinski definition) is 0. The van der Waals surface area contributed by atoms with Gasteiger partial charge >= 0.3 is 0 Å². The second-order valence-corrected chi connectivity index (χ2v) is 11.6. The van der Waals surface area contributed by atoms with Gasteiger partial charge in [-0.1, -0.05) is 96.3 Å². The summed E-state index contributed by atoms with van der Waals surface area (Å²) in [6, 6.07) is 7.83. The summed E-state index contributed by atoms with van der Waals surface area (Å²) >= 11 is -2.11. The molecule has 40 heavy (non-hydrogen) atoms. The van der Waals surface area contributed by atoms with E-state index in [0.29, 0.717) is 4.90 Å². The summed E-state index contributed by atoms with van der Waals surface area (Å²) in [6.07, 6.45) is 14.5. The first kappa shape index (κ1) is 36.0. The SMILES string of the molecule is CCCCCCOc1cc(OCCCCCC)c(C)c(OCCCCCC)c1.Cc1cc(C)c(S(=O)[O-])c(C)c1. The van der Waals surface area contributed by atoms with E-state index in [-0.39, 0.29) is 0 Å². The van der Waals surface area contributed by atoms with Crippen LogP contribution in [0.15, 0.2) is 29.2 Å². The smallest absolute Gasteiger partial charge is 0.129 e. The highest BCUT2D eigenvalue weighted by Gasteiger charge is 2.11. The summed E-state index contributed by atoms with van der Waals surface area (Å²) in [7, 11) is 0. The van der Waals surface area contributed by atoms with Crippen LogP contribution in [0.4, 0.5) is 0 Å². The number of rotatable bonds is 19. The summed E-state index contributed by atoms with van der Waals surface area (Å²) < 4.78 is 39.7. The molecular weight excluding hydrogens is 520 g/mol. The zero-order valence-electron chi connectivity index (χ0n) is 26.4. The molecule has 2 aromatic rings. The average Bonchev–Trinajstić information content (AvgIpc) is 2.90. The van der Waals surface area contributed by atoms with Gasteiger partial charge in [-0.05, 0) is 69.2 Å². The van der Waals surface area contributed by atoms with Crippen LogP contribution in [0.5, 0.6) is 17.2 Å². The van der Waals surface area contributed by atoms with Crippen LogP contribution in [0.1, 0.15) is 120 Å². The van der Waals surface area contributed by atoms with Gasteiger partial charge in [0.05, 0.1) is 19.8 Å². The quantitative estimate of drug-likeness (QED) is 0.123. The fraction of sp³-hybridized carbons (Fsp3) is 0.647. The zero-order valence-corrected chi connectivity index (χ0v) is 27.2. The third kappa shape index (κ3) is 14.5. The van der Waals surface area contributed by atoms with Crippen LogP contribution in [0.2, 0.25) is 0 Å². The Morgan fingerprint density at radius 3 is 1.38 bits per heavy atom. The lowest BCUT2D eigenvalue weighted by atomic mass is 10.1. The predicted molar refractivity (Wildman–Crippen MR) is 168 cm³/mol. The normalized spacial score (nSPS) is 11.5. The number of benzene rings is 2. The molecule has 0 amide bonds. The van der Waals surface area contributed by atoms with E-state index < -0.39 is 11.1 Å². The van der Waals surface area contributed by atoms with E-state index in [0.717, 1.165) is 78.6 Å². The molecule has 0 heterocycles. The first-order valence-electron chi connectivity index (χ1n) is 15.4. The molecule has 0 saturated carbocycles. The van der Waals surface area contributed by atoms with Crippen molar-refractivity contribution in [3.63, 3.8) is 0 Å². The van der Waals surface area contributed by atoms with Crippen molar-refractivity contribution in [3.8, 4) is 17.2 Å². The second-order valence-electron chi connectivity index (χ2n) is 10.7. The predicted octanol–water partition coefficient (Wildman–Crippen LogP) is 9.72. The Morgan fingerprint density at radius 1 is 0.600 bits per heavy atom. The molecule has 0 fully saturated rings. The third-order valence-corrected chi connectivity index (χ3v) is 7.81. The van der Waals surface area contributed by atoms with Crippen LogP contribution < -0.4 is 14.2 Å². The molecule has 0 aromatic heterocycles.